The molecule has 0 heterocycles. The second-order valence-electron chi connectivity index (χ2n) is 2.20. The third-order valence-electron chi connectivity index (χ3n) is 0.739. The first-order chi connectivity index (χ1) is 4.18. The van der Waals surface area contributed by atoms with Gasteiger partial charge >= 0.3 is 0 Å². The van der Waals surface area contributed by atoms with Crippen molar-refractivity contribution in [3.05, 3.63) is 0 Å². The molecule has 0 fully saturated rings. The summed E-state index contributed by atoms with van der Waals surface area (Å²) in [7, 11) is 3.62. The first kappa shape index (κ1) is 12.2. The Kier molecular flexibility index (Phi) is 15.3. The second-order valence-corrected chi connectivity index (χ2v) is 4.42. The van der Waals surface area contributed by atoms with Crippen LogP contribution in [0.3, 0.4) is 0 Å². The molecular formula is C6H18ClNSi. The summed E-state index contributed by atoms with van der Waals surface area (Å²) in [5, 5.41) is 0. The molecule has 1 nitrogen and oxygen atoms in total. The van der Waals surface area contributed by atoms with E-state index in [1.807, 2.05) is 18.7 Å². The van der Waals surface area contributed by atoms with Crippen LogP contribution in [-0.4, -0.2) is 27.7 Å². The van der Waals surface area contributed by atoms with E-state index in [9.17, 15) is 0 Å². The van der Waals surface area contributed by atoms with Gasteiger partial charge in [-0.15, -0.1) is 0 Å². The Morgan fingerprint density at radius 2 is 1.44 bits per heavy atom. The van der Waals surface area contributed by atoms with Crippen LogP contribution in [0.5, 0.6) is 0 Å². The summed E-state index contributed by atoms with van der Waals surface area (Å²) < 4.78 is 2.03. The van der Waals surface area contributed by atoms with Gasteiger partial charge in [0.05, 0.1) is 0 Å². The maximum absolute atomic E-state index is 5.40. The quantitative estimate of drug-likeness (QED) is 0.446. The molecule has 0 radical (unpaired) electrons. The third kappa shape index (κ3) is 29.5. The number of nitrogens with zero attached hydrogens (tertiary/aromatic N) is 1. The molecule has 0 unspecified atom stereocenters. The molecule has 0 spiro atoms. The Morgan fingerprint density at radius 3 is 1.44 bits per heavy atom. The smallest absolute Gasteiger partial charge is 0.197 e. The Hall–Kier alpha value is 0.467. The van der Waals surface area contributed by atoms with E-state index in [4.69, 9.17) is 11.1 Å². The van der Waals surface area contributed by atoms with Crippen molar-refractivity contribution in [1.29, 1.82) is 0 Å². The first-order valence-corrected chi connectivity index (χ1v) is 6.16. The first-order valence-electron chi connectivity index (χ1n) is 3.39. The molecule has 0 aromatic rings. The van der Waals surface area contributed by atoms with Crippen molar-refractivity contribution < 1.29 is 0 Å². The van der Waals surface area contributed by atoms with Gasteiger partial charge in [0.1, 0.15) is 0 Å². The monoisotopic (exact) mass is 167 g/mol. The maximum Gasteiger partial charge on any atom is 0.197 e. The molecule has 0 rings (SSSR count). The topological polar surface area (TPSA) is 3.24 Å². The SMILES string of the molecule is CCCC.CN(C)[SiH2]Cl. The van der Waals surface area contributed by atoms with Gasteiger partial charge in [0.25, 0.3) is 0 Å². The minimum absolute atomic E-state index is 0.346. The predicted molar refractivity (Wildman–Crippen MR) is 48.7 cm³/mol. The van der Waals surface area contributed by atoms with Crippen LogP contribution < -0.4 is 0 Å². The van der Waals surface area contributed by atoms with Crippen LogP contribution in [0.2, 0.25) is 0 Å². The normalized spacial score (nSPS) is 10.0. The van der Waals surface area contributed by atoms with E-state index in [1.54, 1.807) is 0 Å². The number of hydrogen-bond donors (Lipinski definition) is 0. The molecule has 0 atom stereocenters. The predicted octanol–water partition coefficient (Wildman–Crippen LogP) is 1.59. The fraction of sp³-hybridized carbons (Fsp3) is 1.00. The molecule has 0 aliphatic carbocycles. The average Bonchev–Trinajstić information content (AvgIpc) is 1.89. The minimum Gasteiger partial charge on any atom is -0.322 e. The van der Waals surface area contributed by atoms with Crippen molar-refractivity contribution in [2.45, 2.75) is 26.7 Å². The number of unbranched alkanes of at least 4 members (excludes halogenated alkanes) is 1. The fourth-order valence-corrected chi connectivity index (χ4v) is 0. The molecule has 0 saturated heterocycles. The van der Waals surface area contributed by atoms with Gasteiger partial charge in [-0.3, -0.25) is 0 Å². The van der Waals surface area contributed by atoms with Gasteiger partial charge in [-0.05, 0) is 14.1 Å². The van der Waals surface area contributed by atoms with E-state index in [0.717, 1.165) is 0 Å². The standard InChI is InChI=1S/C4H10.C2H8ClNSi/c1-3-4-2;1-4(2)5-3/h3-4H2,1-2H3;5H2,1-2H3. The highest BCUT2D eigenvalue weighted by molar-refractivity contribution is 6.91. The van der Waals surface area contributed by atoms with Gasteiger partial charge in [-0.2, -0.15) is 11.1 Å². The zero-order valence-electron chi connectivity index (χ0n) is 6.95. The molecule has 0 aliphatic rings. The highest BCUT2D eigenvalue weighted by atomic mass is 35.6. The van der Waals surface area contributed by atoms with Gasteiger partial charge < -0.3 is 4.57 Å². The van der Waals surface area contributed by atoms with Crippen LogP contribution in [0.25, 0.3) is 0 Å². The molecular weight excluding hydrogens is 150 g/mol. The summed E-state index contributed by atoms with van der Waals surface area (Å²) in [4.78, 5) is 0. The lowest BCUT2D eigenvalue weighted by Crippen LogP contribution is -2.10. The lowest BCUT2D eigenvalue weighted by molar-refractivity contribution is 0.673. The molecule has 0 aromatic heterocycles. The van der Waals surface area contributed by atoms with E-state index in [1.165, 1.54) is 12.8 Å². The van der Waals surface area contributed by atoms with Crippen molar-refractivity contribution in [3.63, 3.8) is 0 Å². The molecule has 0 aromatic carbocycles. The Bertz CT molecular complexity index is 40.0. The van der Waals surface area contributed by atoms with Gasteiger partial charge in [0.2, 0.25) is 0 Å². The summed E-state index contributed by atoms with van der Waals surface area (Å²) in [6.07, 6.45) is 2.64. The number of rotatable bonds is 2. The third-order valence-corrected chi connectivity index (χ3v) is 2.65. The van der Waals surface area contributed by atoms with Crippen LogP contribution >= 0.6 is 11.1 Å². The van der Waals surface area contributed by atoms with E-state index in [0.29, 0.717) is 0 Å². The Morgan fingerprint density at radius 1 is 1.22 bits per heavy atom. The summed E-state index contributed by atoms with van der Waals surface area (Å²) in [6.45, 7) is 4.36. The lowest BCUT2D eigenvalue weighted by atomic mass is 10.4. The van der Waals surface area contributed by atoms with E-state index >= 15 is 0 Å². The van der Waals surface area contributed by atoms with Crippen molar-refractivity contribution >= 4 is 20.1 Å². The molecule has 0 N–H and O–H groups in total. The maximum atomic E-state index is 5.40. The van der Waals surface area contributed by atoms with Crippen molar-refractivity contribution in [1.82, 2.24) is 4.57 Å². The molecule has 58 valence electrons. The number of halogens is 1. The van der Waals surface area contributed by atoms with Gasteiger partial charge in [0.15, 0.2) is 8.99 Å². The zero-order chi connectivity index (χ0) is 7.70. The van der Waals surface area contributed by atoms with Crippen molar-refractivity contribution in [2.24, 2.45) is 0 Å². The highest BCUT2D eigenvalue weighted by Crippen LogP contribution is 1.76. The Labute approximate surface area is 66.0 Å². The summed E-state index contributed by atoms with van der Waals surface area (Å²) in [6, 6.07) is 0. The Balaban J connectivity index is 0. The molecule has 0 saturated carbocycles. The minimum atomic E-state index is -0.346. The summed E-state index contributed by atoms with van der Waals surface area (Å²) in [5.74, 6) is 0. The van der Waals surface area contributed by atoms with Crippen LogP contribution in [0.4, 0.5) is 0 Å². The van der Waals surface area contributed by atoms with Crippen LogP contribution in [0, 0.1) is 0 Å². The highest BCUT2D eigenvalue weighted by Gasteiger charge is 1.76. The van der Waals surface area contributed by atoms with E-state index < -0.39 is 0 Å². The zero-order valence-corrected chi connectivity index (χ0v) is 9.12. The molecule has 9 heavy (non-hydrogen) atoms. The van der Waals surface area contributed by atoms with Gasteiger partial charge in [0, 0.05) is 0 Å². The summed E-state index contributed by atoms with van der Waals surface area (Å²) >= 11 is 5.40. The van der Waals surface area contributed by atoms with Crippen LogP contribution in [0.1, 0.15) is 26.7 Å². The molecule has 3 heteroatoms. The fourth-order valence-electron chi connectivity index (χ4n) is 0. The van der Waals surface area contributed by atoms with Crippen molar-refractivity contribution in [3.8, 4) is 0 Å². The summed E-state index contributed by atoms with van der Waals surface area (Å²) in [5.41, 5.74) is 0. The molecule has 0 aliphatic heterocycles. The molecule has 0 amide bonds. The molecule has 0 bridgehead atoms. The van der Waals surface area contributed by atoms with Crippen LogP contribution in [0.15, 0.2) is 0 Å². The number of hydrogen-bond acceptors (Lipinski definition) is 1. The van der Waals surface area contributed by atoms with Gasteiger partial charge in [-0.1, -0.05) is 26.7 Å². The lowest BCUT2D eigenvalue weighted by Gasteiger charge is -1.97. The van der Waals surface area contributed by atoms with Gasteiger partial charge in [-0.25, -0.2) is 0 Å². The average molecular weight is 168 g/mol. The second kappa shape index (κ2) is 11.3. The van der Waals surface area contributed by atoms with E-state index in [2.05, 4.69) is 13.8 Å². The van der Waals surface area contributed by atoms with E-state index in [-0.39, 0.29) is 8.99 Å². The van der Waals surface area contributed by atoms with Crippen molar-refractivity contribution in [2.75, 3.05) is 14.1 Å². The van der Waals surface area contributed by atoms with Crippen LogP contribution in [-0.2, 0) is 0 Å². The largest absolute Gasteiger partial charge is 0.322 e.